The smallest absolute Gasteiger partial charge is 0.349 e. The Balaban J connectivity index is 1.82. The maximum absolute atomic E-state index is 13.0. The van der Waals surface area contributed by atoms with Gasteiger partial charge >= 0.3 is 5.63 Å². The minimum absolute atomic E-state index is 0.00459. The molecule has 25 heavy (non-hydrogen) atoms. The number of aliphatic hydroxyl groups is 1. The van der Waals surface area contributed by atoms with Crippen LogP contribution in [0.5, 0.6) is 0 Å². The number of anilines is 1. The Bertz CT molecular complexity index is 1040. The molecule has 0 spiro atoms. The second kappa shape index (κ2) is 5.57. The van der Waals surface area contributed by atoms with Crippen molar-refractivity contribution in [3.05, 3.63) is 76.1 Å². The van der Waals surface area contributed by atoms with Gasteiger partial charge in [-0.05, 0) is 31.5 Å². The molecule has 1 unspecified atom stereocenters. The number of hydrogen-bond donors (Lipinski definition) is 1. The van der Waals surface area contributed by atoms with Crippen LogP contribution in [0.1, 0.15) is 29.3 Å². The van der Waals surface area contributed by atoms with E-state index in [1.54, 1.807) is 43.3 Å². The Morgan fingerprint density at radius 2 is 1.88 bits per heavy atom. The van der Waals surface area contributed by atoms with Gasteiger partial charge in [0, 0.05) is 17.5 Å². The van der Waals surface area contributed by atoms with E-state index in [0.717, 1.165) is 0 Å². The molecule has 1 aromatic heterocycles. The zero-order valence-electron chi connectivity index (χ0n) is 13.7. The van der Waals surface area contributed by atoms with Gasteiger partial charge in [0.1, 0.15) is 11.1 Å². The molecule has 1 N–H and O–H groups in total. The molecule has 0 radical (unpaired) electrons. The standard InChI is InChI=1S/C20H17NO4/c1-20(24)10-11-21(16-8-4-3-7-15(16)20)18(22)14-12-13-6-2-5-9-17(13)25-19(14)23/h2-9,12,24H,10-11H2,1H3. The van der Waals surface area contributed by atoms with E-state index in [-0.39, 0.29) is 5.56 Å². The number of rotatable bonds is 1. The van der Waals surface area contributed by atoms with Crippen molar-refractivity contribution in [2.45, 2.75) is 18.9 Å². The summed E-state index contributed by atoms with van der Waals surface area (Å²) in [5.41, 5.74) is 0.0946. The van der Waals surface area contributed by atoms with Crippen molar-refractivity contribution in [2.24, 2.45) is 0 Å². The third-order valence-electron chi connectivity index (χ3n) is 4.71. The van der Waals surface area contributed by atoms with Crippen molar-refractivity contribution in [3.8, 4) is 0 Å². The maximum atomic E-state index is 13.0. The van der Waals surface area contributed by atoms with Crippen LogP contribution in [0.15, 0.2) is 63.8 Å². The fourth-order valence-electron chi connectivity index (χ4n) is 3.32. The summed E-state index contributed by atoms with van der Waals surface area (Å²) in [5, 5.41) is 11.3. The first-order valence-corrected chi connectivity index (χ1v) is 8.14. The number of para-hydroxylation sites is 2. The van der Waals surface area contributed by atoms with Gasteiger partial charge in [0.2, 0.25) is 0 Å². The predicted molar refractivity (Wildman–Crippen MR) is 94.8 cm³/mol. The number of amides is 1. The van der Waals surface area contributed by atoms with E-state index < -0.39 is 17.1 Å². The first kappa shape index (κ1) is 15.6. The largest absolute Gasteiger partial charge is 0.422 e. The van der Waals surface area contributed by atoms with Gasteiger partial charge in [-0.15, -0.1) is 0 Å². The molecule has 126 valence electrons. The van der Waals surface area contributed by atoms with Crippen LogP contribution in [-0.2, 0) is 5.60 Å². The molecule has 4 rings (SSSR count). The number of nitrogens with zero attached hydrogens (tertiary/aromatic N) is 1. The van der Waals surface area contributed by atoms with E-state index in [0.29, 0.717) is 35.2 Å². The van der Waals surface area contributed by atoms with Gasteiger partial charge in [0.15, 0.2) is 0 Å². The molecule has 1 atom stereocenters. The molecule has 1 aliphatic heterocycles. The highest BCUT2D eigenvalue weighted by Crippen LogP contribution is 2.38. The van der Waals surface area contributed by atoms with Gasteiger partial charge in [-0.25, -0.2) is 4.79 Å². The molecule has 1 amide bonds. The van der Waals surface area contributed by atoms with Gasteiger partial charge < -0.3 is 14.4 Å². The summed E-state index contributed by atoms with van der Waals surface area (Å²) in [5.74, 6) is -0.414. The first-order chi connectivity index (χ1) is 12.0. The topological polar surface area (TPSA) is 70.8 Å². The predicted octanol–water partition coefficient (Wildman–Crippen LogP) is 3.05. The summed E-state index contributed by atoms with van der Waals surface area (Å²) in [4.78, 5) is 26.9. The van der Waals surface area contributed by atoms with Gasteiger partial charge in [0.25, 0.3) is 5.91 Å². The van der Waals surface area contributed by atoms with Crippen molar-refractivity contribution in [1.82, 2.24) is 0 Å². The summed E-state index contributed by atoms with van der Waals surface area (Å²) < 4.78 is 5.28. The van der Waals surface area contributed by atoms with Crippen LogP contribution < -0.4 is 10.5 Å². The van der Waals surface area contributed by atoms with Crippen molar-refractivity contribution >= 4 is 22.6 Å². The Labute approximate surface area is 144 Å². The maximum Gasteiger partial charge on any atom is 0.349 e. The summed E-state index contributed by atoms with van der Waals surface area (Å²) in [6, 6.07) is 15.9. The van der Waals surface area contributed by atoms with Crippen LogP contribution in [0, 0.1) is 0 Å². The Kier molecular flexibility index (Phi) is 3.47. The average molecular weight is 335 g/mol. The van der Waals surface area contributed by atoms with Gasteiger partial charge in [0.05, 0.1) is 11.3 Å². The zero-order chi connectivity index (χ0) is 17.6. The lowest BCUT2D eigenvalue weighted by Gasteiger charge is -2.37. The third kappa shape index (κ3) is 2.53. The second-order valence-corrected chi connectivity index (χ2v) is 6.48. The van der Waals surface area contributed by atoms with Crippen molar-refractivity contribution in [3.63, 3.8) is 0 Å². The average Bonchev–Trinajstić information content (AvgIpc) is 2.61. The highest BCUT2D eigenvalue weighted by molar-refractivity contribution is 6.07. The van der Waals surface area contributed by atoms with Crippen LogP contribution in [0.2, 0.25) is 0 Å². The third-order valence-corrected chi connectivity index (χ3v) is 4.71. The van der Waals surface area contributed by atoms with Crippen molar-refractivity contribution in [2.75, 3.05) is 11.4 Å². The first-order valence-electron chi connectivity index (χ1n) is 8.14. The van der Waals surface area contributed by atoms with Gasteiger partial charge in [-0.1, -0.05) is 36.4 Å². The SMILES string of the molecule is CC1(O)CCN(C(=O)c2cc3ccccc3oc2=O)c2ccccc21. The fourth-order valence-corrected chi connectivity index (χ4v) is 3.32. The molecule has 0 aliphatic carbocycles. The molecule has 1 aliphatic rings. The van der Waals surface area contributed by atoms with E-state index >= 15 is 0 Å². The molecule has 0 fully saturated rings. The number of hydrogen-bond acceptors (Lipinski definition) is 4. The van der Waals surface area contributed by atoms with Crippen LogP contribution >= 0.6 is 0 Å². The van der Waals surface area contributed by atoms with E-state index in [9.17, 15) is 14.7 Å². The highest BCUT2D eigenvalue weighted by atomic mass is 16.4. The summed E-state index contributed by atoms with van der Waals surface area (Å²) in [6.45, 7) is 2.06. The molecule has 5 nitrogen and oxygen atoms in total. The van der Waals surface area contributed by atoms with Crippen molar-refractivity contribution in [1.29, 1.82) is 0 Å². The zero-order valence-corrected chi connectivity index (χ0v) is 13.7. The van der Waals surface area contributed by atoms with E-state index in [1.165, 1.54) is 4.90 Å². The minimum atomic E-state index is -0.999. The lowest BCUT2D eigenvalue weighted by Crippen LogP contribution is -2.43. The number of carbonyl (C=O) groups is 1. The number of fused-ring (bicyclic) bond motifs is 2. The van der Waals surface area contributed by atoms with E-state index in [2.05, 4.69) is 0 Å². The van der Waals surface area contributed by atoms with Crippen LogP contribution in [0.3, 0.4) is 0 Å². The Hall–Kier alpha value is -2.92. The van der Waals surface area contributed by atoms with E-state index in [4.69, 9.17) is 4.42 Å². The molecule has 0 saturated heterocycles. The Morgan fingerprint density at radius 3 is 2.72 bits per heavy atom. The highest BCUT2D eigenvalue weighted by Gasteiger charge is 2.36. The summed E-state index contributed by atoms with van der Waals surface area (Å²) in [7, 11) is 0. The number of benzene rings is 2. The molecule has 5 heteroatoms. The fraction of sp³-hybridized carbons (Fsp3) is 0.200. The van der Waals surface area contributed by atoms with Gasteiger partial charge in [-0.2, -0.15) is 0 Å². The molecule has 0 saturated carbocycles. The minimum Gasteiger partial charge on any atom is -0.422 e. The molecule has 2 heterocycles. The molecule has 0 bridgehead atoms. The van der Waals surface area contributed by atoms with Crippen LogP contribution in [0.25, 0.3) is 11.0 Å². The second-order valence-electron chi connectivity index (χ2n) is 6.48. The molecule has 3 aromatic rings. The van der Waals surface area contributed by atoms with Crippen molar-refractivity contribution < 1.29 is 14.3 Å². The lowest BCUT2D eigenvalue weighted by molar-refractivity contribution is 0.0450. The Morgan fingerprint density at radius 1 is 1.16 bits per heavy atom. The van der Waals surface area contributed by atoms with Crippen LogP contribution in [-0.4, -0.2) is 17.6 Å². The normalized spacial score (nSPS) is 19.7. The van der Waals surface area contributed by atoms with Crippen LogP contribution in [0.4, 0.5) is 5.69 Å². The molecular formula is C20H17NO4. The molecular weight excluding hydrogens is 318 g/mol. The summed E-state index contributed by atoms with van der Waals surface area (Å²) in [6.07, 6.45) is 0.397. The van der Waals surface area contributed by atoms with E-state index in [1.807, 2.05) is 18.2 Å². The molecule has 2 aromatic carbocycles. The monoisotopic (exact) mass is 335 g/mol. The lowest BCUT2D eigenvalue weighted by atomic mass is 9.87. The summed E-state index contributed by atoms with van der Waals surface area (Å²) >= 11 is 0. The number of carbonyl (C=O) groups excluding carboxylic acids is 1. The quantitative estimate of drug-likeness (QED) is 0.694. The van der Waals surface area contributed by atoms with Gasteiger partial charge in [-0.3, -0.25) is 4.79 Å².